The van der Waals surface area contributed by atoms with Crippen LogP contribution in [0.25, 0.3) is 5.69 Å². The minimum atomic E-state index is -0.466. The topological polar surface area (TPSA) is 92.1 Å². The molecule has 1 aliphatic rings. The lowest BCUT2D eigenvalue weighted by molar-refractivity contribution is 0.162. The molecule has 2 aromatic rings. The van der Waals surface area contributed by atoms with Gasteiger partial charge in [0.1, 0.15) is 12.7 Å². The predicted octanol–water partition coefficient (Wildman–Crippen LogP) is 1.93. The highest BCUT2D eigenvalue weighted by Crippen LogP contribution is 2.29. The molecule has 1 fully saturated rings. The lowest BCUT2D eigenvalue weighted by Gasteiger charge is -2.29. The molecule has 7 heteroatoms. The standard InChI is InChI=1S/C17H23N5O2/c1-13(20-16(24)21-17(10-23)7-2-3-8-17)14-5-4-6-15(9-14)22-12-18-11-19-22/h4-6,9,11-13,23H,2-3,7-8,10H2,1H3,(H2,20,21,24)/t13-/m1/s1. The molecule has 0 radical (unpaired) electrons. The summed E-state index contributed by atoms with van der Waals surface area (Å²) in [5.41, 5.74) is 1.40. The molecular weight excluding hydrogens is 306 g/mol. The number of urea groups is 1. The molecule has 1 saturated carbocycles. The summed E-state index contributed by atoms with van der Waals surface area (Å²) in [5.74, 6) is 0. The molecular formula is C17H23N5O2. The predicted molar refractivity (Wildman–Crippen MR) is 89.7 cm³/mol. The number of nitrogens with zero attached hydrogens (tertiary/aromatic N) is 3. The molecule has 7 nitrogen and oxygen atoms in total. The van der Waals surface area contributed by atoms with Crippen molar-refractivity contribution in [3.8, 4) is 5.69 Å². The Kier molecular flexibility index (Phi) is 4.80. The third-order valence-corrected chi connectivity index (χ3v) is 4.64. The number of aliphatic hydroxyl groups is 1. The van der Waals surface area contributed by atoms with Gasteiger partial charge in [-0.2, -0.15) is 5.10 Å². The second-order valence-electron chi connectivity index (χ2n) is 6.40. The molecule has 0 spiro atoms. The van der Waals surface area contributed by atoms with E-state index in [0.717, 1.165) is 36.9 Å². The molecule has 0 aliphatic heterocycles. The number of amides is 2. The first-order valence-electron chi connectivity index (χ1n) is 8.26. The molecule has 0 bridgehead atoms. The number of hydrogen-bond donors (Lipinski definition) is 3. The molecule has 2 amide bonds. The first-order valence-corrected chi connectivity index (χ1v) is 8.26. The summed E-state index contributed by atoms with van der Waals surface area (Å²) in [5, 5.41) is 19.6. The van der Waals surface area contributed by atoms with Gasteiger partial charge >= 0.3 is 6.03 Å². The van der Waals surface area contributed by atoms with Crippen molar-refractivity contribution in [1.29, 1.82) is 0 Å². The maximum absolute atomic E-state index is 12.3. The Morgan fingerprint density at radius 1 is 1.42 bits per heavy atom. The number of carbonyl (C=O) groups is 1. The van der Waals surface area contributed by atoms with E-state index < -0.39 is 5.54 Å². The van der Waals surface area contributed by atoms with E-state index >= 15 is 0 Å². The molecule has 0 saturated heterocycles. The average Bonchev–Trinajstić information content (AvgIpc) is 3.27. The van der Waals surface area contributed by atoms with Gasteiger partial charge < -0.3 is 15.7 Å². The van der Waals surface area contributed by atoms with Crippen molar-refractivity contribution in [2.75, 3.05) is 6.61 Å². The van der Waals surface area contributed by atoms with Crippen molar-refractivity contribution in [3.63, 3.8) is 0 Å². The van der Waals surface area contributed by atoms with Crippen LogP contribution in [-0.4, -0.2) is 38.0 Å². The van der Waals surface area contributed by atoms with Crippen molar-refractivity contribution in [2.24, 2.45) is 0 Å². The van der Waals surface area contributed by atoms with Crippen LogP contribution in [0.5, 0.6) is 0 Å². The Hall–Kier alpha value is -2.41. The first-order chi connectivity index (χ1) is 11.6. The zero-order valence-electron chi connectivity index (χ0n) is 13.8. The second-order valence-corrected chi connectivity index (χ2v) is 6.40. The van der Waals surface area contributed by atoms with E-state index in [1.165, 1.54) is 6.33 Å². The molecule has 1 atom stereocenters. The summed E-state index contributed by atoms with van der Waals surface area (Å²) in [6, 6.07) is 7.38. The lowest BCUT2D eigenvalue weighted by Crippen LogP contribution is -2.53. The highest BCUT2D eigenvalue weighted by Gasteiger charge is 2.34. The van der Waals surface area contributed by atoms with E-state index in [4.69, 9.17) is 0 Å². The summed E-state index contributed by atoms with van der Waals surface area (Å²) < 4.78 is 1.68. The Morgan fingerprint density at radius 2 is 2.21 bits per heavy atom. The summed E-state index contributed by atoms with van der Waals surface area (Å²) in [4.78, 5) is 16.2. The maximum Gasteiger partial charge on any atom is 0.315 e. The zero-order valence-corrected chi connectivity index (χ0v) is 13.8. The van der Waals surface area contributed by atoms with Crippen molar-refractivity contribution in [2.45, 2.75) is 44.2 Å². The summed E-state index contributed by atoms with van der Waals surface area (Å²) in [6.07, 6.45) is 6.85. The Bertz CT molecular complexity index is 680. The van der Waals surface area contributed by atoms with Crippen molar-refractivity contribution in [3.05, 3.63) is 42.5 Å². The molecule has 1 aliphatic carbocycles. The normalized spacial score (nSPS) is 17.4. The van der Waals surface area contributed by atoms with Crippen LogP contribution in [0.2, 0.25) is 0 Å². The number of aliphatic hydroxyl groups excluding tert-OH is 1. The minimum absolute atomic E-state index is 0.0173. The smallest absolute Gasteiger partial charge is 0.315 e. The highest BCUT2D eigenvalue weighted by molar-refractivity contribution is 5.75. The van der Waals surface area contributed by atoms with Gasteiger partial charge in [0.15, 0.2) is 0 Å². The number of aromatic nitrogens is 3. The van der Waals surface area contributed by atoms with Crippen LogP contribution in [0.15, 0.2) is 36.9 Å². The molecule has 1 heterocycles. The summed E-state index contributed by atoms with van der Waals surface area (Å²) in [6.45, 7) is 1.91. The fourth-order valence-corrected chi connectivity index (χ4v) is 3.21. The van der Waals surface area contributed by atoms with Crippen LogP contribution < -0.4 is 10.6 Å². The van der Waals surface area contributed by atoms with E-state index in [-0.39, 0.29) is 18.7 Å². The number of nitrogens with one attached hydrogen (secondary N) is 2. The monoisotopic (exact) mass is 329 g/mol. The van der Waals surface area contributed by atoms with Gasteiger partial charge in [0.2, 0.25) is 0 Å². The van der Waals surface area contributed by atoms with Crippen molar-refractivity contribution in [1.82, 2.24) is 25.4 Å². The van der Waals surface area contributed by atoms with Gasteiger partial charge in [0.05, 0.1) is 23.9 Å². The van der Waals surface area contributed by atoms with E-state index in [9.17, 15) is 9.90 Å². The van der Waals surface area contributed by atoms with Crippen molar-refractivity contribution < 1.29 is 9.90 Å². The number of rotatable bonds is 5. The molecule has 3 rings (SSSR count). The van der Waals surface area contributed by atoms with Crippen LogP contribution >= 0.6 is 0 Å². The van der Waals surface area contributed by atoms with Gasteiger partial charge in [-0.3, -0.25) is 0 Å². The molecule has 0 unspecified atom stereocenters. The van der Waals surface area contributed by atoms with Gasteiger partial charge in [-0.1, -0.05) is 25.0 Å². The zero-order chi connectivity index (χ0) is 17.0. The van der Waals surface area contributed by atoms with E-state index in [1.54, 1.807) is 11.0 Å². The van der Waals surface area contributed by atoms with E-state index in [2.05, 4.69) is 20.7 Å². The third-order valence-electron chi connectivity index (χ3n) is 4.64. The third kappa shape index (κ3) is 3.56. The summed E-state index contributed by atoms with van der Waals surface area (Å²) in [7, 11) is 0. The lowest BCUT2D eigenvalue weighted by atomic mass is 9.99. The van der Waals surface area contributed by atoms with Crippen LogP contribution in [0.4, 0.5) is 4.79 Å². The minimum Gasteiger partial charge on any atom is -0.394 e. The number of benzene rings is 1. The first kappa shape index (κ1) is 16.4. The quantitative estimate of drug-likeness (QED) is 0.781. The van der Waals surface area contributed by atoms with Crippen LogP contribution in [0.1, 0.15) is 44.2 Å². The molecule has 24 heavy (non-hydrogen) atoms. The Labute approximate surface area is 141 Å². The average molecular weight is 329 g/mol. The number of carbonyl (C=O) groups excluding carboxylic acids is 1. The SMILES string of the molecule is C[C@@H](NC(=O)NC1(CO)CCCC1)c1cccc(-n2cncn2)c1. The Morgan fingerprint density at radius 3 is 2.88 bits per heavy atom. The molecule has 3 N–H and O–H groups in total. The summed E-state index contributed by atoms with van der Waals surface area (Å²) >= 11 is 0. The fraction of sp³-hybridized carbons (Fsp3) is 0.471. The van der Waals surface area contributed by atoms with Gasteiger partial charge in [-0.15, -0.1) is 0 Å². The second kappa shape index (κ2) is 7.00. The Balaban J connectivity index is 1.65. The maximum atomic E-state index is 12.3. The van der Waals surface area contributed by atoms with Gasteiger partial charge in [-0.25, -0.2) is 14.5 Å². The van der Waals surface area contributed by atoms with E-state index in [1.807, 2.05) is 31.2 Å². The van der Waals surface area contributed by atoms with Crippen LogP contribution in [-0.2, 0) is 0 Å². The van der Waals surface area contributed by atoms with Gasteiger partial charge in [0.25, 0.3) is 0 Å². The molecule has 128 valence electrons. The highest BCUT2D eigenvalue weighted by atomic mass is 16.3. The molecule has 1 aromatic heterocycles. The fourth-order valence-electron chi connectivity index (χ4n) is 3.21. The van der Waals surface area contributed by atoms with Crippen molar-refractivity contribution >= 4 is 6.03 Å². The number of hydrogen-bond acceptors (Lipinski definition) is 4. The van der Waals surface area contributed by atoms with Crippen LogP contribution in [0.3, 0.4) is 0 Å². The van der Waals surface area contributed by atoms with E-state index in [0.29, 0.717) is 0 Å². The van der Waals surface area contributed by atoms with Gasteiger partial charge in [0, 0.05) is 0 Å². The van der Waals surface area contributed by atoms with Gasteiger partial charge in [-0.05, 0) is 37.5 Å². The molecule has 1 aromatic carbocycles. The largest absolute Gasteiger partial charge is 0.394 e. The van der Waals surface area contributed by atoms with Crippen LogP contribution in [0, 0.1) is 0 Å².